The van der Waals surface area contributed by atoms with Gasteiger partial charge in [-0.3, -0.25) is 14.5 Å². The van der Waals surface area contributed by atoms with E-state index >= 15 is 0 Å². The topological polar surface area (TPSA) is 49.4 Å². The first-order chi connectivity index (χ1) is 10.1. The van der Waals surface area contributed by atoms with Crippen LogP contribution in [0.25, 0.3) is 0 Å². The van der Waals surface area contributed by atoms with Gasteiger partial charge in [0.25, 0.3) is 0 Å². The Balaban J connectivity index is 1.58. The smallest absolute Gasteiger partial charge is 0.247 e. The third kappa shape index (κ3) is 3.19. The lowest BCUT2D eigenvalue weighted by atomic mass is 10.1. The van der Waals surface area contributed by atoms with Crippen molar-refractivity contribution in [3.8, 4) is 0 Å². The van der Waals surface area contributed by atoms with Crippen molar-refractivity contribution in [2.45, 2.75) is 63.6 Å². The summed E-state index contributed by atoms with van der Waals surface area (Å²) >= 11 is 1.73. The molecule has 1 aliphatic heterocycles. The summed E-state index contributed by atoms with van der Waals surface area (Å²) < 4.78 is 0. The molecule has 1 aromatic heterocycles. The summed E-state index contributed by atoms with van der Waals surface area (Å²) in [6.07, 6.45) is 5.45. The van der Waals surface area contributed by atoms with Gasteiger partial charge in [-0.2, -0.15) is 0 Å². The largest absolute Gasteiger partial charge is 0.303 e. The molecule has 3 rings (SSSR count). The number of nitrogens with zero attached hydrogens (tertiary/aromatic N) is 1. The molecular formula is C16H22N2O2S. The maximum Gasteiger partial charge on any atom is 0.247 e. The van der Waals surface area contributed by atoms with Gasteiger partial charge in [-0.05, 0) is 37.6 Å². The van der Waals surface area contributed by atoms with E-state index in [2.05, 4.69) is 23.7 Å². The number of thiophene rings is 1. The first-order valence-electron chi connectivity index (χ1n) is 7.79. The highest BCUT2D eigenvalue weighted by molar-refractivity contribution is 7.09. The van der Waals surface area contributed by atoms with E-state index in [1.807, 2.05) is 6.07 Å². The van der Waals surface area contributed by atoms with Crippen LogP contribution in [0.1, 0.15) is 43.9 Å². The highest BCUT2D eigenvalue weighted by atomic mass is 32.1. The van der Waals surface area contributed by atoms with Crippen LogP contribution in [-0.2, 0) is 16.0 Å². The van der Waals surface area contributed by atoms with Gasteiger partial charge in [-0.25, -0.2) is 0 Å². The molecule has 1 aliphatic carbocycles. The third-order valence-corrected chi connectivity index (χ3v) is 5.34. The van der Waals surface area contributed by atoms with Crippen LogP contribution in [0.2, 0.25) is 0 Å². The van der Waals surface area contributed by atoms with E-state index in [-0.39, 0.29) is 29.9 Å². The minimum Gasteiger partial charge on any atom is -0.303 e. The number of carbonyl (C=O) groups is 2. The standard InChI is InChI=1S/C16H22N2O2S/c1-11(9-13-7-4-8-21-13)17-14-10-15(19)18(16(14)20)12-5-2-3-6-12/h4,7-8,11-12,14,17H,2-3,5-6,9-10H2,1H3. The van der Waals surface area contributed by atoms with Crippen molar-refractivity contribution in [1.29, 1.82) is 0 Å². The number of rotatable bonds is 5. The average Bonchev–Trinajstić information content (AvgIpc) is 3.14. The second kappa shape index (κ2) is 6.28. The number of carbonyl (C=O) groups excluding carboxylic acids is 2. The second-order valence-corrected chi connectivity index (χ2v) is 7.18. The summed E-state index contributed by atoms with van der Waals surface area (Å²) in [4.78, 5) is 27.5. The average molecular weight is 306 g/mol. The number of amides is 2. The molecule has 1 N–H and O–H groups in total. The van der Waals surface area contributed by atoms with Crippen LogP contribution in [0.5, 0.6) is 0 Å². The van der Waals surface area contributed by atoms with Gasteiger partial charge in [0.15, 0.2) is 0 Å². The Kier molecular flexibility index (Phi) is 4.40. The minimum absolute atomic E-state index is 0.00715. The lowest BCUT2D eigenvalue weighted by Crippen LogP contribution is -2.45. The van der Waals surface area contributed by atoms with Crippen LogP contribution in [0.4, 0.5) is 0 Å². The van der Waals surface area contributed by atoms with E-state index in [1.54, 1.807) is 16.2 Å². The summed E-state index contributed by atoms with van der Waals surface area (Å²) in [7, 11) is 0. The van der Waals surface area contributed by atoms with Crippen molar-refractivity contribution in [2.24, 2.45) is 0 Å². The van der Waals surface area contributed by atoms with Crippen molar-refractivity contribution in [3.63, 3.8) is 0 Å². The van der Waals surface area contributed by atoms with Crippen LogP contribution in [0, 0.1) is 0 Å². The zero-order valence-electron chi connectivity index (χ0n) is 12.4. The summed E-state index contributed by atoms with van der Waals surface area (Å²) in [5.41, 5.74) is 0. The lowest BCUT2D eigenvalue weighted by Gasteiger charge is -2.23. The molecule has 5 heteroatoms. The molecule has 2 unspecified atom stereocenters. The Morgan fingerprint density at radius 2 is 2.14 bits per heavy atom. The van der Waals surface area contributed by atoms with Crippen molar-refractivity contribution in [2.75, 3.05) is 0 Å². The molecule has 0 spiro atoms. The maximum absolute atomic E-state index is 12.5. The van der Waals surface area contributed by atoms with E-state index < -0.39 is 0 Å². The maximum atomic E-state index is 12.5. The molecule has 21 heavy (non-hydrogen) atoms. The molecule has 114 valence electrons. The monoisotopic (exact) mass is 306 g/mol. The number of imide groups is 1. The fraction of sp³-hybridized carbons (Fsp3) is 0.625. The van der Waals surface area contributed by atoms with Crippen LogP contribution < -0.4 is 5.32 Å². The normalized spacial score (nSPS) is 25.0. The molecule has 1 aromatic rings. The Morgan fingerprint density at radius 3 is 2.81 bits per heavy atom. The Morgan fingerprint density at radius 1 is 1.38 bits per heavy atom. The third-order valence-electron chi connectivity index (χ3n) is 4.45. The van der Waals surface area contributed by atoms with Gasteiger partial charge >= 0.3 is 0 Å². The van der Waals surface area contributed by atoms with Gasteiger partial charge < -0.3 is 5.32 Å². The highest BCUT2D eigenvalue weighted by Crippen LogP contribution is 2.28. The molecule has 1 saturated carbocycles. The molecule has 0 bridgehead atoms. The molecule has 0 aromatic carbocycles. The molecule has 2 amide bonds. The van der Waals surface area contributed by atoms with Gasteiger partial charge in [0.2, 0.25) is 11.8 Å². The van der Waals surface area contributed by atoms with Gasteiger partial charge in [0.05, 0.1) is 12.5 Å². The summed E-state index contributed by atoms with van der Waals surface area (Å²) in [5.74, 6) is -0.00217. The molecule has 1 saturated heterocycles. The van der Waals surface area contributed by atoms with Crippen molar-refractivity contribution in [1.82, 2.24) is 10.2 Å². The van der Waals surface area contributed by atoms with Gasteiger partial charge in [-0.15, -0.1) is 11.3 Å². The zero-order valence-corrected chi connectivity index (χ0v) is 13.2. The molecule has 2 atom stereocenters. The predicted molar refractivity (Wildman–Crippen MR) is 83.1 cm³/mol. The molecule has 2 aliphatic rings. The predicted octanol–water partition coefficient (Wildman–Crippen LogP) is 2.34. The first-order valence-corrected chi connectivity index (χ1v) is 8.67. The molecular weight excluding hydrogens is 284 g/mol. The summed E-state index contributed by atoms with van der Waals surface area (Å²) in [6.45, 7) is 2.08. The van der Waals surface area contributed by atoms with Crippen LogP contribution in [0.15, 0.2) is 17.5 Å². The number of hydrogen-bond acceptors (Lipinski definition) is 4. The number of likely N-dealkylation sites (tertiary alicyclic amines) is 1. The van der Waals surface area contributed by atoms with Gasteiger partial charge in [-0.1, -0.05) is 18.9 Å². The fourth-order valence-electron chi connectivity index (χ4n) is 3.46. The van der Waals surface area contributed by atoms with E-state index in [4.69, 9.17) is 0 Å². The number of nitrogens with one attached hydrogen (secondary N) is 1. The van der Waals surface area contributed by atoms with Crippen LogP contribution in [0.3, 0.4) is 0 Å². The number of hydrogen-bond donors (Lipinski definition) is 1. The molecule has 2 fully saturated rings. The van der Waals surface area contributed by atoms with Crippen molar-refractivity contribution < 1.29 is 9.59 Å². The minimum atomic E-state index is -0.326. The second-order valence-electron chi connectivity index (χ2n) is 6.15. The van der Waals surface area contributed by atoms with E-state index in [0.29, 0.717) is 6.42 Å². The molecule has 0 radical (unpaired) electrons. The van der Waals surface area contributed by atoms with Crippen molar-refractivity contribution >= 4 is 23.2 Å². The Bertz CT molecular complexity index is 508. The van der Waals surface area contributed by atoms with Crippen LogP contribution in [-0.4, -0.2) is 34.8 Å². The summed E-state index contributed by atoms with van der Waals surface area (Å²) in [5, 5.41) is 5.41. The van der Waals surface area contributed by atoms with Crippen molar-refractivity contribution in [3.05, 3.63) is 22.4 Å². The molecule has 2 heterocycles. The molecule has 4 nitrogen and oxygen atoms in total. The van der Waals surface area contributed by atoms with Gasteiger partial charge in [0, 0.05) is 17.0 Å². The van der Waals surface area contributed by atoms with Crippen LogP contribution >= 0.6 is 11.3 Å². The van der Waals surface area contributed by atoms with Gasteiger partial charge in [0.1, 0.15) is 0 Å². The highest BCUT2D eigenvalue weighted by Gasteiger charge is 2.43. The quantitative estimate of drug-likeness (QED) is 0.850. The zero-order chi connectivity index (χ0) is 14.8. The van der Waals surface area contributed by atoms with E-state index in [0.717, 1.165) is 32.1 Å². The first kappa shape index (κ1) is 14.7. The Labute approximate surface area is 129 Å². The lowest BCUT2D eigenvalue weighted by molar-refractivity contribution is -0.141. The Hall–Kier alpha value is -1.20. The summed E-state index contributed by atoms with van der Waals surface area (Å²) in [6, 6.07) is 4.18. The fourth-order valence-corrected chi connectivity index (χ4v) is 4.30. The van der Waals surface area contributed by atoms with E-state index in [1.165, 1.54) is 4.88 Å². The SMILES string of the molecule is CC(Cc1cccs1)NC1CC(=O)N(C2CCCC2)C1=O. The van der Waals surface area contributed by atoms with E-state index in [9.17, 15) is 9.59 Å².